The lowest BCUT2D eigenvalue weighted by atomic mass is 10.2. The maximum atomic E-state index is 12.1. The number of aryl methyl sites for hydroxylation is 1. The van der Waals surface area contributed by atoms with E-state index in [1.807, 2.05) is 0 Å². The molecule has 0 amide bonds. The summed E-state index contributed by atoms with van der Waals surface area (Å²) >= 11 is 0. The Bertz CT molecular complexity index is 771. The van der Waals surface area contributed by atoms with E-state index < -0.39 is 0 Å². The van der Waals surface area contributed by atoms with Crippen LogP contribution >= 0.6 is 0 Å². The van der Waals surface area contributed by atoms with Crippen LogP contribution in [0.2, 0.25) is 0 Å². The molecule has 0 unspecified atom stereocenters. The number of nitrogens with one attached hydrogen (secondary N) is 2. The molecule has 0 saturated carbocycles. The van der Waals surface area contributed by atoms with Crippen LogP contribution in [0.3, 0.4) is 0 Å². The first kappa shape index (κ1) is 12.9. The van der Waals surface area contributed by atoms with Gasteiger partial charge in [-0.05, 0) is 6.92 Å². The van der Waals surface area contributed by atoms with Crippen LogP contribution in [0.15, 0.2) is 9.59 Å². The van der Waals surface area contributed by atoms with Crippen molar-refractivity contribution < 1.29 is 0 Å². The Balaban J connectivity index is 2.16. The average Bonchev–Trinajstić information content (AvgIpc) is 2.88. The lowest BCUT2D eigenvalue weighted by Crippen LogP contribution is -2.49. The number of piperazine rings is 1. The van der Waals surface area contributed by atoms with Gasteiger partial charge in [-0.2, -0.15) is 4.98 Å². The predicted octanol–water partition coefficient (Wildman–Crippen LogP) is -1.24. The molecule has 1 atom stereocenters. The first-order valence-electron chi connectivity index (χ1n) is 6.63. The van der Waals surface area contributed by atoms with Crippen LogP contribution in [0.25, 0.3) is 11.2 Å². The van der Waals surface area contributed by atoms with Gasteiger partial charge in [0.15, 0.2) is 11.2 Å². The van der Waals surface area contributed by atoms with E-state index in [4.69, 9.17) is 0 Å². The highest BCUT2D eigenvalue weighted by molar-refractivity contribution is 5.73. The Labute approximate surface area is 115 Å². The first-order chi connectivity index (χ1) is 9.49. The summed E-state index contributed by atoms with van der Waals surface area (Å²) in [5, 5.41) is 3.35. The van der Waals surface area contributed by atoms with Gasteiger partial charge >= 0.3 is 5.69 Å². The molecule has 2 aromatic heterocycles. The monoisotopic (exact) mass is 278 g/mol. The van der Waals surface area contributed by atoms with Gasteiger partial charge in [0.1, 0.15) is 0 Å². The van der Waals surface area contributed by atoms with E-state index in [0.29, 0.717) is 23.2 Å². The van der Waals surface area contributed by atoms with Crippen LogP contribution in [0, 0.1) is 0 Å². The lowest BCUT2D eigenvalue weighted by molar-refractivity contribution is 0.480. The lowest BCUT2D eigenvalue weighted by Gasteiger charge is -2.31. The number of aromatic nitrogens is 4. The van der Waals surface area contributed by atoms with Gasteiger partial charge in [0, 0.05) is 39.8 Å². The van der Waals surface area contributed by atoms with Crippen LogP contribution in [0.1, 0.15) is 6.92 Å². The Morgan fingerprint density at radius 2 is 2.00 bits per heavy atom. The van der Waals surface area contributed by atoms with Crippen molar-refractivity contribution in [3.8, 4) is 0 Å². The van der Waals surface area contributed by atoms with Crippen LogP contribution in [-0.4, -0.2) is 44.8 Å². The fourth-order valence-corrected chi connectivity index (χ4v) is 2.59. The van der Waals surface area contributed by atoms with Crippen molar-refractivity contribution >= 4 is 17.1 Å². The highest BCUT2D eigenvalue weighted by atomic mass is 16.2. The number of rotatable bonds is 1. The van der Waals surface area contributed by atoms with E-state index in [1.54, 1.807) is 7.05 Å². The molecule has 108 valence electrons. The number of imidazole rings is 1. The summed E-state index contributed by atoms with van der Waals surface area (Å²) < 4.78 is 2.48. The maximum absolute atomic E-state index is 12.1. The van der Waals surface area contributed by atoms with E-state index in [1.165, 1.54) is 11.6 Å². The van der Waals surface area contributed by atoms with Crippen LogP contribution < -0.4 is 21.5 Å². The fourth-order valence-electron chi connectivity index (χ4n) is 2.59. The molecular weight excluding hydrogens is 260 g/mol. The minimum Gasteiger partial charge on any atom is -0.340 e. The summed E-state index contributed by atoms with van der Waals surface area (Å²) in [6.45, 7) is 4.60. The summed E-state index contributed by atoms with van der Waals surface area (Å²) in [6, 6.07) is 0.364. The second kappa shape index (κ2) is 4.48. The summed E-state index contributed by atoms with van der Waals surface area (Å²) in [5.74, 6) is 0.645. The molecule has 8 nitrogen and oxygen atoms in total. The molecule has 1 aliphatic heterocycles. The van der Waals surface area contributed by atoms with Crippen LogP contribution in [0.4, 0.5) is 5.95 Å². The number of hydrogen-bond donors (Lipinski definition) is 2. The first-order valence-corrected chi connectivity index (χ1v) is 6.63. The Morgan fingerprint density at radius 3 is 2.70 bits per heavy atom. The molecule has 2 aromatic rings. The molecule has 1 saturated heterocycles. The molecule has 0 bridgehead atoms. The molecule has 20 heavy (non-hydrogen) atoms. The molecule has 3 heterocycles. The summed E-state index contributed by atoms with van der Waals surface area (Å²) in [7, 11) is 3.09. The minimum atomic E-state index is -0.366. The van der Waals surface area contributed by atoms with Crippen molar-refractivity contribution in [2.24, 2.45) is 14.1 Å². The van der Waals surface area contributed by atoms with Crippen molar-refractivity contribution in [2.75, 3.05) is 24.5 Å². The van der Waals surface area contributed by atoms with Crippen molar-refractivity contribution in [1.82, 2.24) is 24.4 Å². The number of anilines is 1. The SMILES string of the molecule is C[C@H]1CN(c2nc3c([nH]2)c(=O)n(C)c(=O)n3C)CCN1. The number of H-pyrrole nitrogens is 1. The van der Waals surface area contributed by atoms with E-state index in [2.05, 4.69) is 27.1 Å². The molecular formula is C12H18N6O2. The third-order valence-corrected chi connectivity index (χ3v) is 3.75. The molecule has 0 aliphatic carbocycles. The van der Waals surface area contributed by atoms with Gasteiger partial charge in [0.25, 0.3) is 5.56 Å². The van der Waals surface area contributed by atoms with E-state index in [9.17, 15) is 9.59 Å². The Morgan fingerprint density at radius 1 is 1.25 bits per heavy atom. The van der Waals surface area contributed by atoms with Crippen molar-refractivity contribution in [2.45, 2.75) is 13.0 Å². The highest BCUT2D eigenvalue weighted by Crippen LogP contribution is 2.14. The topological polar surface area (TPSA) is 88.0 Å². The van der Waals surface area contributed by atoms with Gasteiger partial charge in [0.05, 0.1) is 0 Å². The second-order valence-corrected chi connectivity index (χ2v) is 5.27. The zero-order valence-corrected chi connectivity index (χ0v) is 11.8. The zero-order valence-electron chi connectivity index (χ0n) is 11.8. The van der Waals surface area contributed by atoms with Gasteiger partial charge in [0.2, 0.25) is 5.95 Å². The summed E-state index contributed by atoms with van der Waals surface area (Å²) in [4.78, 5) is 33.6. The van der Waals surface area contributed by atoms with Gasteiger partial charge in [-0.1, -0.05) is 0 Å². The van der Waals surface area contributed by atoms with Crippen molar-refractivity contribution in [3.05, 3.63) is 20.8 Å². The second-order valence-electron chi connectivity index (χ2n) is 5.27. The molecule has 1 fully saturated rings. The number of nitrogens with zero attached hydrogens (tertiary/aromatic N) is 4. The molecule has 1 aliphatic rings. The van der Waals surface area contributed by atoms with Crippen molar-refractivity contribution in [3.63, 3.8) is 0 Å². The Kier molecular flexibility index (Phi) is 2.89. The predicted molar refractivity (Wildman–Crippen MR) is 76.3 cm³/mol. The molecule has 8 heteroatoms. The third kappa shape index (κ3) is 1.83. The number of hydrogen-bond acceptors (Lipinski definition) is 5. The van der Waals surface area contributed by atoms with Crippen LogP contribution in [-0.2, 0) is 14.1 Å². The van der Waals surface area contributed by atoms with Gasteiger partial charge in [-0.25, -0.2) is 4.79 Å². The Hall–Kier alpha value is -2.09. The quantitative estimate of drug-likeness (QED) is 0.681. The van der Waals surface area contributed by atoms with Gasteiger partial charge in [-0.15, -0.1) is 0 Å². The van der Waals surface area contributed by atoms with Gasteiger partial charge < -0.3 is 15.2 Å². The normalized spacial score (nSPS) is 19.8. The molecule has 0 spiro atoms. The largest absolute Gasteiger partial charge is 0.340 e. The van der Waals surface area contributed by atoms with Gasteiger partial charge in [-0.3, -0.25) is 13.9 Å². The zero-order chi connectivity index (χ0) is 14.4. The molecule has 0 radical (unpaired) electrons. The van der Waals surface area contributed by atoms with Crippen LogP contribution in [0.5, 0.6) is 0 Å². The standard InChI is InChI=1S/C12H18N6O2/c1-7-6-18(5-4-13-7)11-14-8-9(15-11)16(2)12(20)17(3)10(8)19/h7,13H,4-6H2,1-3H3,(H,14,15)/t7-/m0/s1. The fraction of sp³-hybridized carbons (Fsp3) is 0.583. The molecule has 2 N–H and O–H groups in total. The smallest absolute Gasteiger partial charge is 0.332 e. The van der Waals surface area contributed by atoms with E-state index in [0.717, 1.165) is 24.2 Å². The van der Waals surface area contributed by atoms with E-state index in [-0.39, 0.29) is 11.2 Å². The average molecular weight is 278 g/mol. The summed E-state index contributed by atoms with van der Waals surface area (Å²) in [5.41, 5.74) is 0.0642. The maximum Gasteiger partial charge on any atom is 0.332 e. The summed E-state index contributed by atoms with van der Waals surface area (Å²) in [6.07, 6.45) is 0. The molecule has 3 rings (SSSR count). The number of aromatic amines is 1. The highest BCUT2D eigenvalue weighted by Gasteiger charge is 2.21. The van der Waals surface area contributed by atoms with Crippen molar-refractivity contribution in [1.29, 1.82) is 0 Å². The minimum absolute atomic E-state index is 0.343. The van der Waals surface area contributed by atoms with E-state index >= 15 is 0 Å². The third-order valence-electron chi connectivity index (χ3n) is 3.75. The number of fused-ring (bicyclic) bond motifs is 1. The molecule has 0 aromatic carbocycles.